The molecule has 1 amide bonds. The summed E-state index contributed by atoms with van der Waals surface area (Å²) in [5.74, 6) is -0.337. The Bertz CT molecular complexity index is 671. The topological polar surface area (TPSA) is 92.5 Å². The van der Waals surface area contributed by atoms with E-state index in [-0.39, 0.29) is 29.8 Å². The predicted molar refractivity (Wildman–Crippen MR) is 99.1 cm³/mol. The van der Waals surface area contributed by atoms with Crippen LogP contribution in [0.1, 0.15) is 43.6 Å². The monoisotopic (exact) mass is 377 g/mol. The first kappa shape index (κ1) is 22.9. The molecule has 0 aliphatic carbocycles. The lowest BCUT2D eigenvalue weighted by Crippen LogP contribution is -2.48. The van der Waals surface area contributed by atoms with Crippen molar-refractivity contribution < 1.29 is 13.2 Å². The zero-order valence-corrected chi connectivity index (χ0v) is 16.6. The molecule has 0 aliphatic rings. The molecule has 0 spiro atoms. The second kappa shape index (κ2) is 8.80. The van der Waals surface area contributed by atoms with E-state index in [9.17, 15) is 13.2 Å². The minimum Gasteiger partial charge on any atom is -0.346 e. The van der Waals surface area contributed by atoms with Crippen molar-refractivity contribution in [3.63, 3.8) is 0 Å². The first-order valence-corrected chi connectivity index (χ1v) is 9.16. The fraction of sp³-hybridized carbons (Fsp3) is 0.562. The van der Waals surface area contributed by atoms with E-state index in [0.717, 1.165) is 0 Å². The van der Waals surface area contributed by atoms with Crippen LogP contribution in [0.25, 0.3) is 0 Å². The van der Waals surface area contributed by atoms with Crippen LogP contribution in [0.2, 0.25) is 0 Å². The van der Waals surface area contributed by atoms with Gasteiger partial charge >= 0.3 is 0 Å². The first-order valence-electron chi connectivity index (χ1n) is 7.72. The van der Waals surface area contributed by atoms with Crippen LogP contribution in [0.5, 0.6) is 0 Å². The van der Waals surface area contributed by atoms with Crippen molar-refractivity contribution in [2.24, 2.45) is 5.73 Å². The third-order valence-corrected chi connectivity index (χ3v) is 5.93. The molecule has 0 radical (unpaired) electrons. The van der Waals surface area contributed by atoms with Crippen molar-refractivity contribution in [3.8, 4) is 0 Å². The van der Waals surface area contributed by atoms with Gasteiger partial charge in [0, 0.05) is 30.7 Å². The molecule has 0 unspecified atom stereocenters. The SMILES string of the molecule is CCN(CC)S(=O)(=O)c1cc(C(=O)NC(C)(C)CN)ccc1C.Cl. The van der Waals surface area contributed by atoms with Crippen molar-refractivity contribution in [3.05, 3.63) is 29.3 Å². The zero-order chi connectivity index (χ0) is 17.8. The molecular formula is C16H28ClN3O3S. The Labute approximate surface area is 151 Å². The molecule has 0 bridgehead atoms. The van der Waals surface area contributed by atoms with E-state index >= 15 is 0 Å². The van der Waals surface area contributed by atoms with Crippen LogP contribution in [-0.4, -0.2) is 43.8 Å². The Kier molecular flexibility index (Phi) is 8.38. The highest BCUT2D eigenvalue weighted by atomic mass is 35.5. The lowest BCUT2D eigenvalue weighted by atomic mass is 10.0. The number of nitrogens with zero attached hydrogens (tertiary/aromatic N) is 1. The normalized spacial score (nSPS) is 12.0. The number of sulfonamides is 1. The Hall–Kier alpha value is -1.15. The highest BCUT2D eigenvalue weighted by Gasteiger charge is 2.26. The molecule has 0 fully saturated rings. The van der Waals surface area contributed by atoms with E-state index in [4.69, 9.17) is 5.73 Å². The van der Waals surface area contributed by atoms with Gasteiger partial charge in [0.15, 0.2) is 0 Å². The number of aryl methyl sites for hydroxylation is 1. The number of carbonyl (C=O) groups is 1. The molecule has 0 aliphatic heterocycles. The number of hydrogen-bond acceptors (Lipinski definition) is 4. The number of carbonyl (C=O) groups excluding carboxylic acids is 1. The fourth-order valence-corrected chi connectivity index (χ4v) is 3.86. The molecule has 3 N–H and O–H groups in total. The van der Waals surface area contributed by atoms with Gasteiger partial charge < -0.3 is 11.1 Å². The molecule has 0 saturated carbocycles. The van der Waals surface area contributed by atoms with Gasteiger partial charge in [-0.3, -0.25) is 4.79 Å². The smallest absolute Gasteiger partial charge is 0.251 e. The summed E-state index contributed by atoms with van der Waals surface area (Å²) >= 11 is 0. The van der Waals surface area contributed by atoms with Crippen molar-refractivity contribution in [2.75, 3.05) is 19.6 Å². The Morgan fingerprint density at radius 1 is 1.25 bits per heavy atom. The number of nitrogens with two attached hydrogens (primary N) is 1. The molecule has 0 atom stereocenters. The summed E-state index contributed by atoms with van der Waals surface area (Å²) < 4.78 is 26.8. The van der Waals surface area contributed by atoms with Crippen molar-refractivity contribution >= 4 is 28.3 Å². The molecule has 0 heterocycles. The third kappa shape index (κ3) is 5.17. The van der Waals surface area contributed by atoms with Crippen LogP contribution in [0, 0.1) is 6.92 Å². The molecule has 1 aromatic carbocycles. The molecule has 8 heteroatoms. The van der Waals surface area contributed by atoms with Gasteiger partial charge in [-0.05, 0) is 38.5 Å². The second-order valence-electron chi connectivity index (χ2n) is 6.11. The average molecular weight is 378 g/mol. The lowest BCUT2D eigenvalue weighted by molar-refractivity contribution is 0.0915. The molecule has 24 heavy (non-hydrogen) atoms. The average Bonchev–Trinajstić information content (AvgIpc) is 2.47. The van der Waals surface area contributed by atoms with Gasteiger partial charge in [-0.15, -0.1) is 12.4 Å². The minimum atomic E-state index is -3.61. The van der Waals surface area contributed by atoms with Gasteiger partial charge in [0.1, 0.15) is 0 Å². The van der Waals surface area contributed by atoms with Crippen molar-refractivity contribution in [2.45, 2.75) is 45.1 Å². The van der Waals surface area contributed by atoms with E-state index in [1.807, 2.05) is 13.8 Å². The number of hydrogen-bond donors (Lipinski definition) is 2. The van der Waals surface area contributed by atoms with Gasteiger partial charge in [-0.1, -0.05) is 19.9 Å². The van der Waals surface area contributed by atoms with Crippen molar-refractivity contribution in [1.82, 2.24) is 9.62 Å². The summed E-state index contributed by atoms with van der Waals surface area (Å²) in [6, 6.07) is 4.71. The van der Waals surface area contributed by atoms with E-state index in [0.29, 0.717) is 24.2 Å². The summed E-state index contributed by atoms with van der Waals surface area (Å²) in [6.45, 7) is 9.98. The van der Waals surface area contributed by atoms with Gasteiger partial charge in [0.05, 0.1) is 4.90 Å². The second-order valence-corrected chi connectivity index (χ2v) is 8.02. The maximum absolute atomic E-state index is 12.7. The number of benzene rings is 1. The number of rotatable bonds is 7. The maximum Gasteiger partial charge on any atom is 0.251 e. The van der Waals surface area contributed by atoms with Crippen LogP contribution in [0.3, 0.4) is 0 Å². The molecule has 138 valence electrons. The minimum absolute atomic E-state index is 0. The van der Waals surface area contributed by atoms with Crippen LogP contribution in [-0.2, 0) is 10.0 Å². The molecule has 1 aromatic rings. The number of amides is 1. The summed E-state index contributed by atoms with van der Waals surface area (Å²) in [7, 11) is -3.61. The number of nitrogens with one attached hydrogen (secondary N) is 1. The maximum atomic E-state index is 12.7. The summed E-state index contributed by atoms with van der Waals surface area (Å²) in [5.41, 5.74) is 5.98. The van der Waals surface area contributed by atoms with E-state index in [1.165, 1.54) is 10.4 Å². The Morgan fingerprint density at radius 3 is 2.25 bits per heavy atom. The molecular weight excluding hydrogens is 350 g/mol. The van der Waals surface area contributed by atoms with Crippen molar-refractivity contribution in [1.29, 1.82) is 0 Å². The number of halogens is 1. The molecule has 6 nitrogen and oxygen atoms in total. The van der Waals surface area contributed by atoms with Crippen LogP contribution < -0.4 is 11.1 Å². The quantitative estimate of drug-likeness (QED) is 0.759. The summed E-state index contributed by atoms with van der Waals surface area (Å²) in [5, 5.41) is 2.81. The van der Waals surface area contributed by atoms with Gasteiger partial charge in [-0.25, -0.2) is 8.42 Å². The standard InChI is InChI=1S/C16H27N3O3S.ClH/c1-6-19(7-2)23(21,22)14-10-13(9-8-12(14)3)15(20)18-16(4,5)11-17;/h8-10H,6-7,11,17H2,1-5H3,(H,18,20);1H. The van der Waals surface area contributed by atoms with Gasteiger partial charge in [0.2, 0.25) is 10.0 Å². The molecule has 1 rings (SSSR count). The van der Waals surface area contributed by atoms with E-state index in [2.05, 4.69) is 5.32 Å². The van der Waals surface area contributed by atoms with Crippen LogP contribution in [0.15, 0.2) is 23.1 Å². The zero-order valence-electron chi connectivity index (χ0n) is 14.9. The Morgan fingerprint density at radius 2 is 1.79 bits per heavy atom. The van der Waals surface area contributed by atoms with Crippen LogP contribution >= 0.6 is 12.4 Å². The Balaban J connectivity index is 0.00000529. The highest BCUT2D eigenvalue weighted by molar-refractivity contribution is 7.89. The summed E-state index contributed by atoms with van der Waals surface area (Å²) in [4.78, 5) is 12.5. The first-order chi connectivity index (χ1) is 10.6. The van der Waals surface area contributed by atoms with Crippen LogP contribution in [0.4, 0.5) is 0 Å². The molecule has 0 saturated heterocycles. The largest absolute Gasteiger partial charge is 0.346 e. The predicted octanol–water partition coefficient (Wildman–Crippen LogP) is 1.91. The molecule has 0 aromatic heterocycles. The highest BCUT2D eigenvalue weighted by Crippen LogP contribution is 2.21. The van der Waals surface area contributed by atoms with E-state index in [1.54, 1.807) is 32.9 Å². The lowest BCUT2D eigenvalue weighted by Gasteiger charge is -2.25. The van der Waals surface area contributed by atoms with E-state index < -0.39 is 15.6 Å². The van der Waals surface area contributed by atoms with Gasteiger partial charge in [0.25, 0.3) is 5.91 Å². The fourth-order valence-electron chi connectivity index (χ4n) is 2.15. The summed E-state index contributed by atoms with van der Waals surface area (Å²) in [6.07, 6.45) is 0. The van der Waals surface area contributed by atoms with Gasteiger partial charge in [-0.2, -0.15) is 4.31 Å². The third-order valence-electron chi connectivity index (χ3n) is 3.74.